The molecule has 24 heavy (non-hydrogen) atoms. The van der Waals surface area contributed by atoms with Crippen LogP contribution in [0.25, 0.3) is 21.9 Å². The lowest BCUT2D eigenvalue weighted by molar-refractivity contribution is -0.120. The standard InChI is InChI=1S/C19H21NO4/c1-9(2)20-18(21)7-15-11(4)14-6-13-10(3)12(5)23-16(13)8-17(14)24-19(15)22/h6,8-9H,7H2,1-5H3,(H,20,21). The number of carbonyl (C=O) groups excluding carboxylic acids is 1. The van der Waals surface area contributed by atoms with Crippen LogP contribution in [0.3, 0.4) is 0 Å². The molecule has 0 spiro atoms. The van der Waals surface area contributed by atoms with Crippen molar-refractivity contribution in [3.63, 3.8) is 0 Å². The molecule has 0 atom stereocenters. The molecule has 0 unspecified atom stereocenters. The largest absolute Gasteiger partial charge is 0.461 e. The number of hydrogen-bond acceptors (Lipinski definition) is 4. The second kappa shape index (κ2) is 5.82. The second-order valence-electron chi connectivity index (χ2n) is 6.52. The summed E-state index contributed by atoms with van der Waals surface area (Å²) in [5, 5.41) is 4.63. The molecule has 3 rings (SSSR count). The third-order valence-electron chi connectivity index (χ3n) is 4.37. The summed E-state index contributed by atoms with van der Waals surface area (Å²) in [5.74, 6) is 0.660. The van der Waals surface area contributed by atoms with E-state index in [4.69, 9.17) is 8.83 Å². The van der Waals surface area contributed by atoms with E-state index in [0.29, 0.717) is 16.7 Å². The van der Waals surface area contributed by atoms with E-state index in [1.165, 1.54) is 0 Å². The van der Waals surface area contributed by atoms with Crippen LogP contribution in [0.5, 0.6) is 0 Å². The Morgan fingerprint density at radius 1 is 1.04 bits per heavy atom. The molecule has 0 bridgehead atoms. The van der Waals surface area contributed by atoms with Crippen molar-refractivity contribution in [2.45, 2.75) is 47.1 Å². The van der Waals surface area contributed by atoms with Crippen LogP contribution in [0.15, 0.2) is 25.8 Å². The number of carbonyl (C=O) groups is 1. The summed E-state index contributed by atoms with van der Waals surface area (Å²) in [6.07, 6.45) is 0.0176. The summed E-state index contributed by atoms with van der Waals surface area (Å²) in [6.45, 7) is 9.53. The van der Waals surface area contributed by atoms with Gasteiger partial charge in [-0.1, -0.05) is 0 Å². The molecule has 0 saturated carbocycles. The Kier molecular flexibility index (Phi) is 3.95. The van der Waals surface area contributed by atoms with Crippen LogP contribution in [0.1, 0.15) is 36.3 Å². The molecule has 5 heteroatoms. The van der Waals surface area contributed by atoms with E-state index < -0.39 is 5.63 Å². The normalized spacial score (nSPS) is 11.6. The Bertz CT molecular complexity index is 1010. The smallest absolute Gasteiger partial charge is 0.340 e. The first-order valence-electron chi connectivity index (χ1n) is 8.03. The fraction of sp³-hybridized carbons (Fsp3) is 0.368. The monoisotopic (exact) mass is 327 g/mol. The highest BCUT2D eigenvalue weighted by atomic mass is 16.4. The van der Waals surface area contributed by atoms with Crippen LogP contribution in [0.2, 0.25) is 0 Å². The lowest BCUT2D eigenvalue weighted by atomic mass is 10.0. The van der Waals surface area contributed by atoms with Gasteiger partial charge in [0.05, 0.1) is 12.0 Å². The molecule has 0 saturated heterocycles. The van der Waals surface area contributed by atoms with Crippen molar-refractivity contribution in [2.75, 3.05) is 0 Å². The lowest BCUT2D eigenvalue weighted by Gasteiger charge is -2.10. The highest BCUT2D eigenvalue weighted by Gasteiger charge is 2.17. The predicted octanol–water partition coefficient (Wildman–Crippen LogP) is 3.53. The van der Waals surface area contributed by atoms with Crippen LogP contribution in [-0.2, 0) is 11.2 Å². The molecule has 1 aromatic carbocycles. The molecule has 0 radical (unpaired) electrons. The zero-order valence-electron chi connectivity index (χ0n) is 14.6. The van der Waals surface area contributed by atoms with Crippen LogP contribution in [-0.4, -0.2) is 11.9 Å². The van der Waals surface area contributed by atoms with E-state index in [-0.39, 0.29) is 18.4 Å². The molecule has 1 N–H and O–H groups in total. The van der Waals surface area contributed by atoms with Crippen molar-refractivity contribution >= 4 is 27.8 Å². The maximum absolute atomic E-state index is 12.3. The first-order valence-corrected chi connectivity index (χ1v) is 8.03. The molecule has 2 aromatic heterocycles. The first-order chi connectivity index (χ1) is 11.3. The third-order valence-corrected chi connectivity index (χ3v) is 4.37. The van der Waals surface area contributed by atoms with Crippen molar-refractivity contribution < 1.29 is 13.6 Å². The number of amides is 1. The SMILES string of the molecule is Cc1oc2cc3oc(=O)c(CC(=O)NC(C)C)c(C)c3cc2c1C. The molecule has 0 fully saturated rings. The molecule has 1 amide bonds. The Morgan fingerprint density at radius 3 is 2.33 bits per heavy atom. The molecule has 126 valence electrons. The molecular weight excluding hydrogens is 306 g/mol. The van der Waals surface area contributed by atoms with E-state index in [1.807, 2.05) is 40.7 Å². The number of hydrogen-bond donors (Lipinski definition) is 1. The fourth-order valence-electron chi connectivity index (χ4n) is 2.96. The average molecular weight is 327 g/mol. The quantitative estimate of drug-likeness (QED) is 0.747. The molecule has 0 aliphatic heterocycles. The summed E-state index contributed by atoms with van der Waals surface area (Å²) >= 11 is 0. The van der Waals surface area contributed by atoms with E-state index in [0.717, 1.165) is 27.7 Å². The van der Waals surface area contributed by atoms with Gasteiger partial charge in [0.2, 0.25) is 5.91 Å². The minimum absolute atomic E-state index is 0.0176. The summed E-state index contributed by atoms with van der Waals surface area (Å²) in [6, 6.07) is 3.75. The molecular formula is C19H21NO4. The Morgan fingerprint density at radius 2 is 1.67 bits per heavy atom. The number of nitrogens with one attached hydrogen (secondary N) is 1. The molecule has 3 aromatic rings. The van der Waals surface area contributed by atoms with Crippen molar-refractivity contribution in [2.24, 2.45) is 0 Å². The Balaban J connectivity index is 2.18. The number of rotatable bonds is 3. The highest BCUT2D eigenvalue weighted by molar-refractivity contribution is 5.97. The lowest BCUT2D eigenvalue weighted by Crippen LogP contribution is -2.33. The second-order valence-corrected chi connectivity index (χ2v) is 6.52. The van der Waals surface area contributed by atoms with Gasteiger partial charge in [-0.3, -0.25) is 4.79 Å². The maximum atomic E-state index is 12.3. The van der Waals surface area contributed by atoms with E-state index in [2.05, 4.69) is 5.32 Å². The molecule has 5 nitrogen and oxygen atoms in total. The molecule has 0 aliphatic rings. The average Bonchev–Trinajstić information content (AvgIpc) is 2.76. The van der Waals surface area contributed by atoms with Gasteiger partial charge in [-0.05, 0) is 51.8 Å². The van der Waals surface area contributed by atoms with Gasteiger partial charge >= 0.3 is 5.63 Å². The number of furan rings is 1. The van der Waals surface area contributed by atoms with Gasteiger partial charge in [-0.25, -0.2) is 4.79 Å². The van der Waals surface area contributed by atoms with Gasteiger partial charge < -0.3 is 14.2 Å². The van der Waals surface area contributed by atoms with Gasteiger partial charge in [0.15, 0.2) is 0 Å². The van der Waals surface area contributed by atoms with Gasteiger partial charge in [0.1, 0.15) is 16.9 Å². The topological polar surface area (TPSA) is 72.5 Å². The number of benzene rings is 1. The van der Waals surface area contributed by atoms with Gasteiger partial charge in [-0.2, -0.15) is 0 Å². The third kappa shape index (κ3) is 2.70. The minimum atomic E-state index is -0.474. The Hall–Kier alpha value is -2.56. The maximum Gasteiger partial charge on any atom is 0.340 e. The first kappa shape index (κ1) is 16.3. The number of aryl methyl sites for hydroxylation is 3. The highest BCUT2D eigenvalue weighted by Crippen LogP contribution is 2.30. The van der Waals surface area contributed by atoms with Crippen molar-refractivity contribution in [3.05, 3.63) is 45.0 Å². The molecule has 2 heterocycles. The summed E-state index contributed by atoms with van der Waals surface area (Å²) in [7, 11) is 0. The summed E-state index contributed by atoms with van der Waals surface area (Å²) < 4.78 is 11.1. The van der Waals surface area contributed by atoms with Crippen molar-refractivity contribution in [1.82, 2.24) is 5.32 Å². The van der Waals surface area contributed by atoms with Gasteiger partial charge in [0, 0.05) is 22.9 Å². The van der Waals surface area contributed by atoms with E-state index in [1.54, 1.807) is 6.07 Å². The van der Waals surface area contributed by atoms with Crippen LogP contribution in [0, 0.1) is 20.8 Å². The van der Waals surface area contributed by atoms with Gasteiger partial charge in [0.25, 0.3) is 0 Å². The van der Waals surface area contributed by atoms with Crippen molar-refractivity contribution in [3.8, 4) is 0 Å². The van der Waals surface area contributed by atoms with Crippen LogP contribution >= 0.6 is 0 Å². The summed E-state index contributed by atoms with van der Waals surface area (Å²) in [4.78, 5) is 24.3. The number of fused-ring (bicyclic) bond motifs is 2. The zero-order valence-corrected chi connectivity index (χ0v) is 14.6. The molecule has 0 aliphatic carbocycles. The predicted molar refractivity (Wildman–Crippen MR) is 93.4 cm³/mol. The Labute approximate surface area is 139 Å². The zero-order chi connectivity index (χ0) is 17.6. The minimum Gasteiger partial charge on any atom is -0.461 e. The van der Waals surface area contributed by atoms with Crippen molar-refractivity contribution in [1.29, 1.82) is 0 Å². The van der Waals surface area contributed by atoms with Crippen LogP contribution < -0.4 is 10.9 Å². The fourth-order valence-corrected chi connectivity index (χ4v) is 2.96. The summed E-state index contributed by atoms with van der Waals surface area (Å²) in [5.41, 5.74) is 2.95. The van der Waals surface area contributed by atoms with Crippen LogP contribution in [0.4, 0.5) is 0 Å². The van der Waals surface area contributed by atoms with E-state index in [9.17, 15) is 9.59 Å². The van der Waals surface area contributed by atoms with Gasteiger partial charge in [-0.15, -0.1) is 0 Å². The van der Waals surface area contributed by atoms with E-state index >= 15 is 0 Å².